The summed E-state index contributed by atoms with van der Waals surface area (Å²) in [7, 11) is 1.58. The fourth-order valence-corrected chi connectivity index (χ4v) is 3.37. The molecule has 29 heavy (non-hydrogen) atoms. The molecule has 3 aromatic rings. The van der Waals surface area contributed by atoms with E-state index in [1.165, 1.54) is 0 Å². The number of hydrogen-bond donors (Lipinski definition) is 0. The lowest BCUT2D eigenvalue weighted by atomic mass is 10.1. The van der Waals surface area contributed by atoms with Crippen LogP contribution >= 0.6 is 11.6 Å². The van der Waals surface area contributed by atoms with Gasteiger partial charge in [0.1, 0.15) is 5.75 Å². The Balaban J connectivity index is 2.07. The molecule has 1 heterocycles. The monoisotopic (exact) mass is 411 g/mol. The molecule has 0 aliphatic heterocycles. The maximum atomic E-state index is 13.2. The van der Waals surface area contributed by atoms with Crippen molar-refractivity contribution in [1.29, 1.82) is 0 Å². The van der Waals surface area contributed by atoms with Crippen LogP contribution in [0.1, 0.15) is 28.0 Å². The quantitative estimate of drug-likeness (QED) is 0.313. The molecule has 150 valence electrons. The summed E-state index contributed by atoms with van der Waals surface area (Å²) in [6.45, 7) is 5.73. The molecule has 0 atom stereocenters. The molecule has 0 unspecified atom stereocenters. The van der Waals surface area contributed by atoms with Crippen LogP contribution in [0.3, 0.4) is 0 Å². The zero-order valence-electron chi connectivity index (χ0n) is 16.4. The SMILES string of the molecule is C=CCCOC(=O)Cc1c(C)n(C(=O)c2ccc(Cl)cc2)c2ccc(OC)cc12. The summed E-state index contributed by atoms with van der Waals surface area (Å²) in [5.41, 5.74) is 2.64. The molecule has 5 nitrogen and oxygen atoms in total. The van der Waals surface area contributed by atoms with E-state index in [-0.39, 0.29) is 24.9 Å². The highest BCUT2D eigenvalue weighted by Crippen LogP contribution is 2.31. The predicted octanol–water partition coefficient (Wildman–Crippen LogP) is 4.96. The first-order valence-corrected chi connectivity index (χ1v) is 9.58. The second kappa shape index (κ2) is 8.97. The number of rotatable bonds is 7. The van der Waals surface area contributed by atoms with Crippen molar-refractivity contribution in [1.82, 2.24) is 4.57 Å². The topological polar surface area (TPSA) is 57.5 Å². The molecule has 0 saturated heterocycles. The Morgan fingerprint density at radius 3 is 2.55 bits per heavy atom. The number of carbonyl (C=O) groups excluding carboxylic acids is 2. The van der Waals surface area contributed by atoms with Crippen LogP contribution < -0.4 is 4.74 Å². The minimum atomic E-state index is -0.351. The van der Waals surface area contributed by atoms with Crippen LogP contribution in [-0.4, -0.2) is 30.2 Å². The molecule has 0 bridgehead atoms. The van der Waals surface area contributed by atoms with Crippen molar-refractivity contribution < 1.29 is 19.1 Å². The van der Waals surface area contributed by atoms with Gasteiger partial charge in [-0.25, -0.2) is 0 Å². The van der Waals surface area contributed by atoms with Gasteiger partial charge in [-0.2, -0.15) is 0 Å². The zero-order chi connectivity index (χ0) is 21.0. The maximum Gasteiger partial charge on any atom is 0.310 e. The van der Waals surface area contributed by atoms with Crippen LogP contribution in [0.25, 0.3) is 10.9 Å². The van der Waals surface area contributed by atoms with Crippen LogP contribution in [-0.2, 0) is 16.0 Å². The average molecular weight is 412 g/mol. The Bertz CT molecular complexity index is 1070. The third-order valence-electron chi connectivity index (χ3n) is 4.74. The summed E-state index contributed by atoms with van der Waals surface area (Å²) < 4.78 is 12.2. The smallest absolute Gasteiger partial charge is 0.310 e. The Morgan fingerprint density at radius 1 is 1.17 bits per heavy atom. The van der Waals surface area contributed by atoms with Gasteiger partial charge in [0.15, 0.2) is 0 Å². The number of benzene rings is 2. The molecular weight excluding hydrogens is 390 g/mol. The third-order valence-corrected chi connectivity index (χ3v) is 4.99. The van der Waals surface area contributed by atoms with Gasteiger partial charge in [-0.1, -0.05) is 17.7 Å². The van der Waals surface area contributed by atoms with Crippen molar-refractivity contribution >= 4 is 34.4 Å². The lowest BCUT2D eigenvalue weighted by molar-refractivity contribution is -0.142. The minimum Gasteiger partial charge on any atom is -0.497 e. The van der Waals surface area contributed by atoms with Crippen molar-refractivity contribution in [2.24, 2.45) is 0 Å². The largest absolute Gasteiger partial charge is 0.497 e. The van der Waals surface area contributed by atoms with E-state index < -0.39 is 0 Å². The van der Waals surface area contributed by atoms with E-state index >= 15 is 0 Å². The molecule has 2 aromatic carbocycles. The molecule has 0 saturated carbocycles. The van der Waals surface area contributed by atoms with E-state index in [0.29, 0.717) is 34.0 Å². The van der Waals surface area contributed by atoms with Crippen LogP contribution in [0, 0.1) is 6.92 Å². The number of hydrogen-bond acceptors (Lipinski definition) is 4. The first-order chi connectivity index (χ1) is 14.0. The summed E-state index contributed by atoms with van der Waals surface area (Å²) in [6, 6.07) is 12.2. The van der Waals surface area contributed by atoms with Crippen molar-refractivity contribution in [2.75, 3.05) is 13.7 Å². The molecule has 0 amide bonds. The number of ether oxygens (including phenoxy) is 2. The Kier molecular flexibility index (Phi) is 6.39. The van der Waals surface area contributed by atoms with Gasteiger partial charge in [-0.3, -0.25) is 14.2 Å². The average Bonchev–Trinajstić information content (AvgIpc) is 2.99. The molecule has 3 rings (SSSR count). The summed E-state index contributed by atoms with van der Waals surface area (Å²) in [6.07, 6.45) is 2.35. The standard InChI is InChI=1S/C23H22ClNO4/c1-4-5-12-29-22(26)14-19-15(2)25(21-11-10-18(28-3)13-20(19)21)23(27)16-6-8-17(24)9-7-16/h4,6-11,13H,1,5,12,14H2,2-3H3. The van der Waals surface area contributed by atoms with Crippen LogP contribution in [0.4, 0.5) is 0 Å². The third kappa shape index (κ3) is 4.35. The van der Waals surface area contributed by atoms with Crippen molar-refractivity contribution in [3.05, 3.63) is 77.0 Å². The molecule has 0 fully saturated rings. The first-order valence-electron chi connectivity index (χ1n) is 9.21. The second-order valence-electron chi connectivity index (χ2n) is 6.57. The van der Waals surface area contributed by atoms with Crippen molar-refractivity contribution in [3.8, 4) is 5.75 Å². The predicted molar refractivity (Wildman–Crippen MR) is 114 cm³/mol. The van der Waals surface area contributed by atoms with Gasteiger partial charge in [0.2, 0.25) is 0 Å². The van der Waals surface area contributed by atoms with Crippen molar-refractivity contribution in [3.63, 3.8) is 0 Å². The summed E-state index contributed by atoms with van der Waals surface area (Å²) >= 11 is 5.95. The highest BCUT2D eigenvalue weighted by Gasteiger charge is 2.22. The Morgan fingerprint density at radius 2 is 1.90 bits per heavy atom. The fourth-order valence-electron chi connectivity index (χ4n) is 3.25. The maximum absolute atomic E-state index is 13.2. The van der Waals surface area contributed by atoms with E-state index in [9.17, 15) is 9.59 Å². The number of methoxy groups -OCH3 is 1. The van der Waals surface area contributed by atoms with Gasteiger partial charge in [0.25, 0.3) is 5.91 Å². The lowest BCUT2D eigenvalue weighted by Crippen LogP contribution is -2.14. The Hall–Kier alpha value is -3.05. The van der Waals surface area contributed by atoms with Gasteiger partial charge in [-0.05, 0) is 61.4 Å². The molecule has 0 N–H and O–H groups in total. The number of nitrogens with zero attached hydrogens (tertiary/aromatic N) is 1. The Labute approximate surface area is 174 Å². The second-order valence-corrected chi connectivity index (χ2v) is 7.01. The molecule has 0 radical (unpaired) electrons. The zero-order valence-corrected chi connectivity index (χ0v) is 17.2. The minimum absolute atomic E-state index is 0.0630. The van der Waals surface area contributed by atoms with E-state index in [2.05, 4.69) is 6.58 Å². The molecular formula is C23H22ClNO4. The normalized spacial score (nSPS) is 10.7. The van der Waals surface area contributed by atoms with Gasteiger partial charge >= 0.3 is 5.97 Å². The van der Waals surface area contributed by atoms with E-state index in [4.69, 9.17) is 21.1 Å². The summed E-state index contributed by atoms with van der Waals surface area (Å²) in [5, 5.41) is 1.34. The lowest BCUT2D eigenvalue weighted by Gasteiger charge is -2.08. The number of halogens is 1. The van der Waals surface area contributed by atoms with Crippen LogP contribution in [0.2, 0.25) is 5.02 Å². The number of fused-ring (bicyclic) bond motifs is 1. The summed E-state index contributed by atoms with van der Waals surface area (Å²) in [5.74, 6) is 0.103. The summed E-state index contributed by atoms with van der Waals surface area (Å²) in [4.78, 5) is 25.5. The van der Waals surface area contributed by atoms with E-state index in [1.807, 2.05) is 19.1 Å². The van der Waals surface area contributed by atoms with Gasteiger partial charge in [0, 0.05) is 21.7 Å². The number of esters is 1. The van der Waals surface area contributed by atoms with Crippen LogP contribution in [0.15, 0.2) is 55.1 Å². The molecule has 0 aliphatic carbocycles. The van der Waals surface area contributed by atoms with Crippen LogP contribution in [0.5, 0.6) is 5.75 Å². The molecule has 0 aliphatic rings. The molecule has 0 spiro atoms. The van der Waals surface area contributed by atoms with Gasteiger partial charge < -0.3 is 9.47 Å². The number of aromatic nitrogens is 1. The molecule has 1 aromatic heterocycles. The molecule has 6 heteroatoms. The first kappa shape index (κ1) is 20.7. The highest BCUT2D eigenvalue weighted by atomic mass is 35.5. The van der Waals surface area contributed by atoms with Crippen molar-refractivity contribution in [2.45, 2.75) is 19.8 Å². The highest BCUT2D eigenvalue weighted by molar-refractivity contribution is 6.30. The fraction of sp³-hybridized carbons (Fsp3) is 0.217. The number of carbonyl (C=O) groups is 2. The van der Waals surface area contributed by atoms with E-state index in [1.54, 1.807) is 48.1 Å². The van der Waals surface area contributed by atoms with E-state index in [0.717, 1.165) is 10.9 Å². The van der Waals surface area contributed by atoms with Gasteiger partial charge in [-0.15, -0.1) is 6.58 Å². The van der Waals surface area contributed by atoms with Gasteiger partial charge in [0.05, 0.1) is 25.7 Å².